The molecule has 1 unspecified atom stereocenters. The van der Waals surface area contributed by atoms with Crippen LogP contribution in [0.2, 0.25) is 0 Å². The van der Waals surface area contributed by atoms with E-state index in [-0.39, 0.29) is 0 Å². The van der Waals surface area contributed by atoms with Crippen molar-refractivity contribution in [1.82, 2.24) is 5.32 Å². The second-order valence-electron chi connectivity index (χ2n) is 6.40. The fourth-order valence-corrected chi connectivity index (χ4v) is 4.06. The summed E-state index contributed by atoms with van der Waals surface area (Å²) in [6.45, 7) is 2.32. The van der Waals surface area contributed by atoms with Crippen molar-refractivity contribution in [1.29, 1.82) is 0 Å². The Kier molecular flexibility index (Phi) is 7.67. The van der Waals surface area contributed by atoms with Crippen LogP contribution in [0.25, 0.3) is 0 Å². The second-order valence-corrected chi connectivity index (χ2v) is 7.18. The molecule has 1 aromatic rings. The first-order chi connectivity index (χ1) is 9.86. The molecular weight excluding hydrogens is 262 g/mol. The summed E-state index contributed by atoms with van der Waals surface area (Å²) < 4.78 is 0. The highest BCUT2D eigenvalue weighted by Crippen LogP contribution is 2.21. The van der Waals surface area contributed by atoms with E-state index in [0.717, 1.165) is 6.04 Å². The maximum Gasteiger partial charge on any atom is 0.0302 e. The Morgan fingerprint density at radius 2 is 1.50 bits per heavy atom. The first-order valence-electron chi connectivity index (χ1n) is 8.64. The molecule has 1 aliphatic rings. The highest BCUT2D eigenvalue weighted by Gasteiger charge is 2.13. The third kappa shape index (κ3) is 5.97. The smallest absolute Gasteiger partial charge is 0.0302 e. The molecule has 0 amide bonds. The summed E-state index contributed by atoms with van der Waals surface area (Å²) in [4.78, 5) is 0. The van der Waals surface area contributed by atoms with E-state index in [0.29, 0.717) is 6.04 Å². The first kappa shape index (κ1) is 16.0. The fourth-order valence-electron chi connectivity index (χ4n) is 3.30. The van der Waals surface area contributed by atoms with Crippen LogP contribution in [-0.2, 0) is 0 Å². The van der Waals surface area contributed by atoms with Gasteiger partial charge in [0.15, 0.2) is 0 Å². The zero-order chi connectivity index (χ0) is 14.0. The molecule has 1 atom stereocenters. The van der Waals surface area contributed by atoms with Crippen molar-refractivity contribution in [3.05, 3.63) is 22.4 Å². The van der Waals surface area contributed by atoms with Gasteiger partial charge in [-0.2, -0.15) is 11.3 Å². The molecule has 1 aromatic heterocycles. The minimum Gasteiger partial charge on any atom is -0.307 e. The average Bonchev–Trinajstić information content (AvgIpc) is 2.96. The molecule has 114 valence electrons. The van der Waals surface area contributed by atoms with Crippen LogP contribution < -0.4 is 5.32 Å². The highest BCUT2D eigenvalue weighted by molar-refractivity contribution is 7.07. The molecule has 0 saturated heterocycles. The van der Waals surface area contributed by atoms with Crippen molar-refractivity contribution in [3.63, 3.8) is 0 Å². The second kappa shape index (κ2) is 9.57. The molecule has 1 fully saturated rings. The zero-order valence-corrected chi connectivity index (χ0v) is 13.9. The van der Waals surface area contributed by atoms with Crippen molar-refractivity contribution < 1.29 is 0 Å². The van der Waals surface area contributed by atoms with Crippen LogP contribution in [0.3, 0.4) is 0 Å². The van der Waals surface area contributed by atoms with E-state index in [2.05, 4.69) is 29.1 Å². The predicted octanol–water partition coefficient (Wildman–Crippen LogP) is 6.07. The lowest BCUT2D eigenvalue weighted by atomic mass is 9.97. The summed E-state index contributed by atoms with van der Waals surface area (Å²) in [6.07, 6.45) is 15.7. The summed E-state index contributed by atoms with van der Waals surface area (Å²) in [6, 6.07) is 3.50. The van der Waals surface area contributed by atoms with Gasteiger partial charge in [0.1, 0.15) is 0 Å². The van der Waals surface area contributed by atoms with Crippen LogP contribution in [-0.4, -0.2) is 6.04 Å². The molecule has 1 saturated carbocycles. The van der Waals surface area contributed by atoms with Crippen LogP contribution in [0.1, 0.15) is 89.2 Å². The molecule has 1 N–H and O–H groups in total. The van der Waals surface area contributed by atoms with Crippen molar-refractivity contribution in [2.75, 3.05) is 0 Å². The van der Waals surface area contributed by atoms with Gasteiger partial charge in [-0.3, -0.25) is 0 Å². The SMILES string of the molecule is CC(NC1CCCCCCCCCCC1)c1ccsc1. The van der Waals surface area contributed by atoms with Gasteiger partial charge in [0, 0.05) is 12.1 Å². The highest BCUT2D eigenvalue weighted by atomic mass is 32.1. The Bertz CT molecular complexity index is 321. The van der Waals surface area contributed by atoms with E-state index in [9.17, 15) is 0 Å². The number of thiophene rings is 1. The Labute approximate surface area is 129 Å². The van der Waals surface area contributed by atoms with E-state index >= 15 is 0 Å². The maximum absolute atomic E-state index is 3.88. The minimum atomic E-state index is 0.513. The van der Waals surface area contributed by atoms with Gasteiger partial charge < -0.3 is 5.32 Å². The molecule has 1 nitrogen and oxygen atoms in total. The lowest BCUT2D eigenvalue weighted by Crippen LogP contribution is -2.31. The van der Waals surface area contributed by atoms with E-state index in [1.165, 1.54) is 76.2 Å². The van der Waals surface area contributed by atoms with Crippen molar-refractivity contribution >= 4 is 11.3 Å². The topological polar surface area (TPSA) is 12.0 Å². The normalized spacial score (nSPS) is 21.9. The van der Waals surface area contributed by atoms with Crippen LogP contribution in [0.5, 0.6) is 0 Å². The standard InChI is InChI=1S/C18H31NS/c1-16(17-13-14-20-15-17)19-18-11-9-7-5-3-2-4-6-8-10-12-18/h13-16,18-19H,2-12H2,1H3. The van der Waals surface area contributed by atoms with Crippen LogP contribution in [0, 0.1) is 0 Å². The molecule has 0 bridgehead atoms. The van der Waals surface area contributed by atoms with Gasteiger partial charge in [0.2, 0.25) is 0 Å². The maximum atomic E-state index is 3.88. The molecule has 1 aliphatic carbocycles. The predicted molar refractivity (Wildman–Crippen MR) is 90.4 cm³/mol. The van der Waals surface area contributed by atoms with Gasteiger partial charge >= 0.3 is 0 Å². The molecule has 1 heterocycles. The minimum absolute atomic E-state index is 0.513. The number of rotatable bonds is 3. The van der Waals surface area contributed by atoms with Crippen molar-refractivity contribution in [2.45, 2.75) is 89.6 Å². The fraction of sp³-hybridized carbons (Fsp3) is 0.778. The number of nitrogens with one attached hydrogen (secondary N) is 1. The first-order valence-corrected chi connectivity index (χ1v) is 9.58. The molecule has 0 aromatic carbocycles. The Morgan fingerprint density at radius 1 is 0.950 bits per heavy atom. The molecule has 0 spiro atoms. The number of hydrogen-bond acceptors (Lipinski definition) is 2. The molecule has 0 aliphatic heterocycles. The van der Waals surface area contributed by atoms with E-state index in [1.807, 2.05) is 11.3 Å². The Hall–Kier alpha value is -0.340. The lowest BCUT2D eigenvalue weighted by molar-refractivity contribution is 0.375. The summed E-state index contributed by atoms with van der Waals surface area (Å²) >= 11 is 1.81. The average molecular weight is 294 g/mol. The van der Waals surface area contributed by atoms with E-state index in [1.54, 1.807) is 0 Å². The largest absolute Gasteiger partial charge is 0.307 e. The van der Waals surface area contributed by atoms with E-state index in [4.69, 9.17) is 0 Å². The zero-order valence-electron chi connectivity index (χ0n) is 13.1. The third-order valence-electron chi connectivity index (χ3n) is 4.63. The summed E-state index contributed by atoms with van der Waals surface area (Å²) in [5, 5.41) is 8.35. The third-order valence-corrected chi connectivity index (χ3v) is 5.34. The number of hydrogen-bond donors (Lipinski definition) is 1. The van der Waals surface area contributed by atoms with Gasteiger partial charge in [-0.25, -0.2) is 0 Å². The lowest BCUT2D eigenvalue weighted by Gasteiger charge is -2.23. The van der Waals surface area contributed by atoms with Gasteiger partial charge in [-0.15, -0.1) is 0 Å². The van der Waals surface area contributed by atoms with Crippen LogP contribution >= 0.6 is 11.3 Å². The van der Waals surface area contributed by atoms with Crippen LogP contribution in [0.15, 0.2) is 16.8 Å². The monoisotopic (exact) mass is 293 g/mol. The molecular formula is C18H31NS. The van der Waals surface area contributed by atoms with Crippen molar-refractivity contribution in [2.24, 2.45) is 0 Å². The quantitative estimate of drug-likeness (QED) is 0.713. The van der Waals surface area contributed by atoms with Gasteiger partial charge in [0.25, 0.3) is 0 Å². The molecule has 0 radical (unpaired) electrons. The Balaban J connectivity index is 1.79. The summed E-state index contributed by atoms with van der Waals surface area (Å²) in [5.41, 5.74) is 1.46. The van der Waals surface area contributed by atoms with Gasteiger partial charge in [-0.05, 0) is 42.2 Å². The molecule has 2 rings (SSSR count). The van der Waals surface area contributed by atoms with Crippen LogP contribution in [0.4, 0.5) is 0 Å². The van der Waals surface area contributed by atoms with Gasteiger partial charge in [-0.1, -0.05) is 57.8 Å². The summed E-state index contributed by atoms with van der Waals surface area (Å²) in [7, 11) is 0. The molecule has 20 heavy (non-hydrogen) atoms. The van der Waals surface area contributed by atoms with Crippen molar-refractivity contribution in [3.8, 4) is 0 Å². The summed E-state index contributed by atoms with van der Waals surface area (Å²) in [5.74, 6) is 0. The molecule has 2 heteroatoms. The van der Waals surface area contributed by atoms with Gasteiger partial charge in [0.05, 0.1) is 0 Å². The van der Waals surface area contributed by atoms with E-state index < -0.39 is 0 Å². The Morgan fingerprint density at radius 3 is 2.00 bits per heavy atom.